The van der Waals surface area contributed by atoms with E-state index in [-0.39, 0.29) is 0 Å². The molecule has 7 nitrogen and oxygen atoms in total. The molecule has 1 atom stereocenters. The van der Waals surface area contributed by atoms with Crippen LogP contribution in [0.2, 0.25) is 0 Å². The van der Waals surface area contributed by atoms with Crippen molar-refractivity contribution >= 4 is 27.4 Å². The van der Waals surface area contributed by atoms with E-state index >= 15 is 0 Å². The fourth-order valence-corrected chi connectivity index (χ4v) is 3.18. The lowest BCUT2D eigenvalue weighted by atomic mass is 10.2. The van der Waals surface area contributed by atoms with Crippen LogP contribution in [-0.2, 0) is 6.54 Å². The molecule has 0 aromatic carbocycles. The Morgan fingerprint density at radius 3 is 2.81 bits per heavy atom. The Bertz CT molecular complexity index is 806. The number of anilines is 1. The fraction of sp³-hybridized carbons (Fsp3) is 0.385. The van der Waals surface area contributed by atoms with Gasteiger partial charge < -0.3 is 10.8 Å². The normalized spacial score (nSPS) is 13.0. The van der Waals surface area contributed by atoms with Crippen LogP contribution in [0, 0.1) is 13.8 Å². The lowest BCUT2D eigenvalue weighted by molar-refractivity contribution is 0.194. The van der Waals surface area contributed by atoms with Gasteiger partial charge in [0.2, 0.25) is 0 Å². The minimum Gasteiger partial charge on any atom is -0.387 e. The largest absolute Gasteiger partial charge is 0.387 e. The molecule has 0 aliphatic carbocycles. The molecule has 8 heteroatoms. The summed E-state index contributed by atoms with van der Waals surface area (Å²) in [6, 6.07) is 0. The van der Waals surface area contributed by atoms with Gasteiger partial charge in [-0.15, -0.1) is 16.4 Å². The van der Waals surface area contributed by atoms with E-state index < -0.39 is 6.10 Å². The van der Waals surface area contributed by atoms with Crippen LogP contribution in [0.15, 0.2) is 6.20 Å². The third kappa shape index (κ3) is 2.47. The Morgan fingerprint density at radius 2 is 2.14 bits per heavy atom. The lowest BCUT2D eigenvalue weighted by Crippen LogP contribution is -2.07. The molecule has 0 fully saturated rings. The average Bonchev–Trinajstić information content (AvgIpc) is 2.96. The highest BCUT2D eigenvalue weighted by atomic mass is 32.1. The third-order valence-electron chi connectivity index (χ3n) is 3.39. The Kier molecular flexibility index (Phi) is 3.34. The molecule has 0 aliphatic rings. The molecule has 0 saturated heterocycles. The second-order valence-corrected chi connectivity index (χ2v) is 6.21. The van der Waals surface area contributed by atoms with Crippen molar-refractivity contribution < 1.29 is 5.11 Å². The first-order chi connectivity index (χ1) is 9.95. The smallest absolute Gasteiger partial charge is 0.153 e. The quantitative estimate of drug-likeness (QED) is 0.761. The SMILES string of the molecule is Cc1sc2nc(Cn3cc(C(C)O)nn3)nc(N)c2c1C. The average molecular weight is 304 g/mol. The van der Waals surface area contributed by atoms with E-state index in [9.17, 15) is 5.11 Å². The molecule has 0 saturated carbocycles. The summed E-state index contributed by atoms with van der Waals surface area (Å²) in [4.78, 5) is 11.0. The van der Waals surface area contributed by atoms with E-state index in [0.717, 1.165) is 15.8 Å². The van der Waals surface area contributed by atoms with Crippen molar-refractivity contribution in [3.63, 3.8) is 0 Å². The highest BCUT2D eigenvalue weighted by molar-refractivity contribution is 7.18. The molecule has 110 valence electrons. The first kappa shape index (κ1) is 13.9. The monoisotopic (exact) mass is 304 g/mol. The Morgan fingerprint density at radius 1 is 1.38 bits per heavy atom. The summed E-state index contributed by atoms with van der Waals surface area (Å²) in [5.74, 6) is 1.08. The molecule has 1 unspecified atom stereocenters. The van der Waals surface area contributed by atoms with Crippen molar-refractivity contribution in [3.8, 4) is 0 Å². The first-order valence-electron chi connectivity index (χ1n) is 6.56. The summed E-state index contributed by atoms with van der Waals surface area (Å²) in [6.07, 6.45) is 1.04. The molecule has 21 heavy (non-hydrogen) atoms. The van der Waals surface area contributed by atoms with Gasteiger partial charge in [0.1, 0.15) is 22.9 Å². The van der Waals surface area contributed by atoms with E-state index in [0.29, 0.717) is 23.9 Å². The third-order valence-corrected chi connectivity index (χ3v) is 4.49. The Labute approximate surface area is 125 Å². The number of nitrogens with two attached hydrogens (primary N) is 1. The predicted octanol–water partition coefficient (Wildman–Crippen LogP) is 1.58. The molecule has 3 N–H and O–H groups in total. The number of aryl methyl sites for hydroxylation is 2. The number of hydrogen-bond acceptors (Lipinski definition) is 7. The van der Waals surface area contributed by atoms with E-state index in [1.807, 2.05) is 13.8 Å². The van der Waals surface area contributed by atoms with E-state index in [4.69, 9.17) is 5.73 Å². The highest BCUT2D eigenvalue weighted by Crippen LogP contribution is 2.31. The van der Waals surface area contributed by atoms with E-state index in [1.165, 1.54) is 4.88 Å². The molecule has 3 rings (SSSR count). The van der Waals surface area contributed by atoms with Gasteiger partial charge in [-0.2, -0.15) is 0 Å². The van der Waals surface area contributed by atoms with Gasteiger partial charge in [0, 0.05) is 4.88 Å². The van der Waals surface area contributed by atoms with Gasteiger partial charge in [-0.05, 0) is 26.3 Å². The van der Waals surface area contributed by atoms with Crippen molar-refractivity contribution in [1.82, 2.24) is 25.0 Å². The zero-order chi connectivity index (χ0) is 15.1. The molecule has 3 aromatic rings. The van der Waals surface area contributed by atoms with Gasteiger partial charge in [0.25, 0.3) is 0 Å². The fourth-order valence-electron chi connectivity index (χ4n) is 2.12. The standard InChI is InChI=1S/C13H16N6OS/c1-6-8(3)21-13-11(6)12(14)15-10(16-13)5-19-4-9(7(2)20)17-18-19/h4,7,20H,5H2,1-3H3,(H2,14,15,16). The number of thiophene rings is 1. The number of aromatic nitrogens is 5. The lowest BCUT2D eigenvalue weighted by Gasteiger charge is -2.03. The Balaban J connectivity index is 1.97. The van der Waals surface area contributed by atoms with Gasteiger partial charge in [-0.25, -0.2) is 14.6 Å². The minimum absolute atomic E-state index is 0.371. The molecule has 0 bridgehead atoms. The second-order valence-electron chi connectivity index (χ2n) is 5.01. The zero-order valence-electron chi connectivity index (χ0n) is 12.0. The summed E-state index contributed by atoms with van der Waals surface area (Å²) in [5, 5.41) is 18.2. The van der Waals surface area contributed by atoms with Crippen LogP contribution in [-0.4, -0.2) is 30.1 Å². The minimum atomic E-state index is -0.644. The van der Waals surface area contributed by atoms with Crippen LogP contribution in [0.25, 0.3) is 10.2 Å². The highest BCUT2D eigenvalue weighted by Gasteiger charge is 2.14. The van der Waals surface area contributed by atoms with Gasteiger partial charge in [0.15, 0.2) is 5.82 Å². The van der Waals surface area contributed by atoms with Crippen LogP contribution in [0.4, 0.5) is 5.82 Å². The number of nitrogens with zero attached hydrogens (tertiary/aromatic N) is 5. The van der Waals surface area contributed by atoms with E-state index in [1.54, 1.807) is 29.1 Å². The number of rotatable bonds is 3. The molecule has 0 radical (unpaired) electrons. The van der Waals surface area contributed by atoms with Crippen LogP contribution in [0.5, 0.6) is 0 Å². The molecule has 0 spiro atoms. The maximum atomic E-state index is 9.46. The maximum Gasteiger partial charge on any atom is 0.153 e. The molecule has 0 amide bonds. The van der Waals surface area contributed by atoms with Gasteiger partial charge >= 0.3 is 0 Å². The molecular weight excluding hydrogens is 288 g/mol. The summed E-state index contributed by atoms with van der Waals surface area (Å²) >= 11 is 1.61. The van der Waals surface area contributed by atoms with Crippen LogP contribution < -0.4 is 5.73 Å². The van der Waals surface area contributed by atoms with Crippen molar-refractivity contribution in [2.75, 3.05) is 5.73 Å². The number of aliphatic hydroxyl groups is 1. The second kappa shape index (κ2) is 5.05. The van der Waals surface area contributed by atoms with E-state index in [2.05, 4.69) is 20.3 Å². The number of fused-ring (bicyclic) bond motifs is 1. The van der Waals surface area contributed by atoms with Crippen molar-refractivity contribution in [1.29, 1.82) is 0 Å². The first-order valence-corrected chi connectivity index (χ1v) is 7.37. The van der Waals surface area contributed by atoms with Gasteiger partial charge in [-0.3, -0.25) is 0 Å². The summed E-state index contributed by atoms with van der Waals surface area (Å²) < 4.78 is 1.59. The Hall–Kier alpha value is -2.06. The number of nitrogen functional groups attached to an aromatic ring is 1. The summed E-state index contributed by atoms with van der Waals surface area (Å²) in [5.41, 5.74) is 7.70. The van der Waals surface area contributed by atoms with Crippen LogP contribution in [0.3, 0.4) is 0 Å². The summed E-state index contributed by atoms with van der Waals surface area (Å²) in [7, 11) is 0. The molecule has 3 heterocycles. The maximum absolute atomic E-state index is 9.46. The number of hydrogen-bond donors (Lipinski definition) is 2. The predicted molar refractivity (Wildman–Crippen MR) is 81.1 cm³/mol. The van der Waals surface area contributed by atoms with Gasteiger partial charge in [-0.1, -0.05) is 5.21 Å². The zero-order valence-corrected chi connectivity index (χ0v) is 12.8. The van der Waals surface area contributed by atoms with Crippen LogP contribution >= 0.6 is 11.3 Å². The molecular formula is C13H16N6OS. The van der Waals surface area contributed by atoms with Gasteiger partial charge in [0.05, 0.1) is 17.7 Å². The van der Waals surface area contributed by atoms with Crippen LogP contribution in [0.1, 0.15) is 35.0 Å². The van der Waals surface area contributed by atoms with Crippen molar-refractivity contribution in [2.24, 2.45) is 0 Å². The summed E-state index contributed by atoms with van der Waals surface area (Å²) in [6.45, 7) is 6.09. The number of aliphatic hydroxyl groups excluding tert-OH is 1. The topological polar surface area (TPSA) is 103 Å². The van der Waals surface area contributed by atoms with Crippen molar-refractivity contribution in [3.05, 3.63) is 28.2 Å². The molecule has 0 aliphatic heterocycles. The molecule has 3 aromatic heterocycles. The van der Waals surface area contributed by atoms with Crippen molar-refractivity contribution in [2.45, 2.75) is 33.4 Å².